The van der Waals surface area contributed by atoms with Crippen LogP contribution >= 0.6 is 12.4 Å². The molecule has 0 saturated heterocycles. The summed E-state index contributed by atoms with van der Waals surface area (Å²) in [5, 5.41) is 5.92. The van der Waals surface area contributed by atoms with Crippen molar-refractivity contribution in [3.05, 3.63) is 29.1 Å². The summed E-state index contributed by atoms with van der Waals surface area (Å²) in [4.78, 5) is 12.1. The molecule has 1 amide bonds. The minimum atomic E-state index is -0.482. The minimum absolute atomic E-state index is 0. The number of halogens is 2. The van der Waals surface area contributed by atoms with E-state index >= 15 is 0 Å². The van der Waals surface area contributed by atoms with E-state index in [1.165, 1.54) is 0 Å². The molecule has 1 aliphatic heterocycles. The Hall–Kier alpha value is -1.13. The van der Waals surface area contributed by atoms with E-state index < -0.39 is 5.41 Å². The molecule has 0 spiro atoms. The SMILES string of the molecule is CCC(C)(C)C(=O)Nc1ccc2c(c1F)CCNC2.Cl. The zero-order valence-electron chi connectivity index (χ0n) is 12.2. The molecule has 1 aromatic carbocycles. The predicted molar refractivity (Wildman–Crippen MR) is 81.8 cm³/mol. The van der Waals surface area contributed by atoms with Crippen LogP contribution in [0.2, 0.25) is 0 Å². The van der Waals surface area contributed by atoms with Gasteiger partial charge in [0.05, 0.1) is 5.69 Å². The van der Waals surface area contributed by atoms with Crippen molar-refractivity contribution in [2.24, 2.45) is 5.41 Å². The first-order chi connectivity index (χ1) is 8.95. The Kier molecular flexibility index (Phi) is 5.54. The van der Waals surface area contributed by atoms with Crippen molar-refractivity contribution in [1.82, 2.24) is 5.32 Å². The molecule has 1 heterocycles. The molecule has 20 heavy (non-hydrogen) atoms. The summed E-state index contributed by atoms with van der Waals surface area (Å²) < 4.78 is 14.4. The molecule has 1 aromatic rings. The highest BCUT2D eigenvalue weighted by Gasteiger charge is 2.26. The van der Waals surface area contributed by atoms with Crippen LogP contribution in [0, 0.1) is 11.2 Å². The Morgan fingerprint density at radius 2 is 2.15 bits per heavy atom. The van der Waals surface area contributed by atoms with E-state index in [2.05, 4.69) is 10.6 Å². The van der Waals surface area contributed by atoms with Crippen LogP contribution in [0.5, 0.6) is 0 Å². The van der Waals surface area contributed by atoms with E-state index in [-0.39, 0.29) is 24.1 Å². The number of hydrogen-bond acceptors (Lipinski definition) is 2. The summed E-state index contributed by atoms with van der Waals surface area (Å²) in [5.41, 5.74) is 1.53. The topological polar surface area (TPSA) is 41.1 Å². The highest BCUT2D eigenvalue weighted by Crippen LogP contribution is 2.27. The Morgan fingerprint density at radius 1 is 1.45 bits per heavy atom. The summed E-state index contributed by atoms with van der Waals surface area (Å²) >= 11 is 0. The highest BCUT2D eigenvalue weighted by molar-refractivity contribution is 5.95. The van der Waals surface area contributed by atoms with Crippen molar-refractivity contribution in [2.45, 2.75) is 40.2 Å². The lowest BCUT2D eigenvalue weighted by Crippen LogP contribution is -2.31. The number of hydrogen-bond donors (Lipinski definition) is 2. The zero-order valence-corrected chi connectivity index (χ0v) is 13.0. The molecule has 0 atom stereocenters. The lowest BCUT2D eigenvalue weighted by atomic mass is 9.89. The normalized spacial score (nSPS) is 14.2. The first kappa shape index (κ1) is 16.9. The van der Waals surface area contributed by atoms with Crippen molar-refractivity contribution >= 4 is 24.0 Å². The number of amides is 1. The maximum Gasteiger partial charge on any atom is 0.230 e. The molecular weight excluding hydrogens is 279 g/mol. The Morgan fingerprint density at radius 3 is 2.80 bits per heavy atom. The van der Waals surface area contributed by atoms with Gasteiger partial charge in [-0.15, -0.1) is 12.4 Å². The number of carbonyl (C=O) groups is 1. The van der Waals surface area contributed by atoms with Crippen molar-refractivity contribution in [1.29, 1.82) is 0 Å². The minimum Gasteiger partial charge on any atom is -0.323 e. The smallest absolute Gasteiger partial charge is 0.230 e. The van der Waals surface area contributed by atoms with Gasteiger partial charge in [-0.2, -0.15) is 0 Å². The largest absolute Gasteiger partial charge is 0.323 e. The van der Waals surface area contributed by atoms with Gasteiger partial charge in [-0.25, -0.2) is 4.39 Å². The number of benzene rings is 1. The van der Waals surface area contributed by atoms with Crippen molar-refractivity contribution in [3.63, 3.8) is 0 Å². The summed E-state index contributed by atoms with van der Waals surface area (Å²) in [6.07, 6.45) is 1.39. The summed E-state index contributed by atoms with van der Waals surface area (Å²) in [6.45, 7) is 7.16. The van der Waals surface area contributed by atoms with E-state index in [1.54, 1.807) is 6.07 Å². The summed E-state index contributed by atoms with van der Waals surface area (Å²) in [7, 11) is 0. The van der Waals surface area contributed by atoms with Gasteiger partial charge in [-0.3, -0.25) is 4.79 Å². The van der Waals surface area contributed by atoms with Crippen LogP contribution in [0.15, 0.2) is 12.1 Å². The average Bonchev–Trinajstić information content (AvgIpc) is 2.42. The maximum atomic E-state index is 14.4. The third-order valence-electron chi connectivity index (χ3n) is 3.95. The molecule has 112 valence electrons. The van der Waals surface area contributed by atoms with Gasteiger partial charge in [0.2, 0.25) is 5.91 Å². The fourth-order valence-corrected chi connectivity index (χ4v) is 2.08. The second-order valence-electron chi connectivity index (χ2n) is 5.68. The number of rotatable bonds is 3. The maximum absolute atomic E-state index is 14.4. The predicted octanol–water partition coefficient (Wildman–Crippen LogP) is 3.27. The zero-order chi connectivity index (χ0) is 14.0. The van der Waals surface area contributed by atoms with Gasteiger partial charge in [-0.1, -0.05) is 26.8 Å². The molecule has 0 radical (unpaired) electrons. The van der Waals surface area contributed by atoms with Gasteiger partial charge >= 0.3 is 0 Å². The van der Waals surface area contributed by atoms with Crippen LogP contribution in [0.3, 0.4) is 0 Å². The number of anilines is 1. The monoisotopic (exact) mass is 300 g/mol. The average molecular weight is 301 g/mol. The highest BCUT2D eigenvalue weighted by atomic mass is 35.5. The van der Waals surface area contributed by atoms with Gasteiger partial charge in [0.25, 0.3) is 0 Å². The second-order valence-corrected chi connectivity index (χ2v) is 5.68. The van der Waals surface area contributed by atoms with E-state index in [0.29, 0.717) is 18.7 Å². The molecule has 2 N–H and O–H groups in total. The first-order valence-electron chi connectivity index (χ1n) is 6.78. The molecule has 0 unspecified atom stereocenters. The van der Waals surface area contributed by atoms with E-state index in [1.807, 2.05) is 26.8 Å². The molecular formula is C15H22ClFN2O. The van der Waals surface area contributed by atoms with Crippen LogP contribution in [0.4, 0.5) is 10.1 Å². The molecule has 0 aromatic heterocycles. The molecule has 5 heteroatoms. The van der Waals surface area contributed by atoms with Crippen LogP contribution in [0.1, 0.15) is 38.3 Å². The third-order valence-corrected chi connectivity index (χ3v) is 3.95. The molecule has 3 nitrogen and oxygen atoms in total. The van der Waals surface area contributed by atoms with Gasteiger partial charge in [-0.05, 0) is 36.6 Å². The van der Waals surface area contributed by atoms with E-state index in [4.69, 9.17) is 0 Å². The fraction of sp³-hybridized carbons (Fsp3) is 0.533. The summed E-state index contributed by atoms with van der Waals surface area (Å²) in [5.74, 6) is -0.415. The standard InChI is InChI=1S/C15H21FN2O.ClH/c1-4-15(2,3)14(19)18-12-6-5-10-9-17-8-7-11(10)13(12)16;/h5-6,17H,4,7-9H2,1-3H3,(H,18,19);1H. The van der Waals surface area contributed by atoms with Gasteiger partial charge in [0.1, 0.15) is 5.82 Å². The van der Waals surface area contributed by atoms with Crippen LogP contribution in [-0.2, 0) is 17.8 Å². The third kappa shape index (κ3) is 3.30. The van der Waals surface area contributed by atoms with Crippen molar-refractivity contribution in [2.75, 3.05) is 11.9 Å². The van der Waals surface area contributed by atoms with Gasteiger partial charge in [0, 0.05) is 12.0 Å². The number of nitrogens with one attached hydrogen (secondary N) is 2. The molecule has 0 aliphatic carbocycles. The van der Waals surface area contributed by atoms with Gasteiger partial charge < -0.3 is 10.6 Å². The quantitative estimate of drug-likeness (QED) is 0.899. The van der Waals surface area contributed by atoms with Crippen LogP contribution in [0.25, 0.3) is 0 Å². The second kappa shape index (κ2) is 6.55. The number of fused-ring (bicyclic) bond motifs is 1. The Balaban J connectivity index is 0.00000200. The lowest BCUT2D eigenvalue weighted by Gasteiger charge is -2.23. The molecule has 2 rings (SSSR count). The van der Waals surface area contributed by atoms with Gasteiger partial charge in [0.15, 0.2) is 0 Å². The molecule has 0 fully saturated rings. The van der Waals surface area contributed by atoms with E-state index in [0.717, 1.165) is 24.1 Å². The molecule has 1 aliphatic rings. The van der Waals surface area contributed by atoms with Crippen LogP contribution in [-0.4, -0.2) is 12.5 Å². The fourth-order valence-electron chi connectivity index (χ4n) is 2.08. The Labute approximate surface area is 125 Å². The van der Waals surface area contributed by atoms with E-state index in [9.17, 15) is 9.18 Å². The van der Waals surface area contributed by atoms with Crippen molar-refractivity contribution in [3.8, 4) is 0 Å². The summed E-state index contributed by atoms with van der Waals surface area (Å²) in [6, 6.07) is 3.55. The van der Waals surface area contributed by atoms with Crippen LogP contribution < -0.4 is 10.6 Å². The Bertz CT molecular complexity index is 503. The molecule has 0 saturated carbocycles. The lowest BCUT2D eigenvalue weighted by molar-refractivity contribution is -0.124. The number of carbonyl (C=O) groups excluding carboxylic acids is 1. The first-order valence-corrected chi connectivity index (χ1v) is 6.78. The molecule has 0 bridgehead atoms. The van der Waals surface area contributed by atoms with Crippen molar-refractivity contribution < 1.29 is 9.18 Å².